The summed E-state index contributed by atoms with van der Waals surface area (Å²) >= 11 is 0. The van der Waals surface area contributed by atoms with Crippen LogP contribution in [0.3, 0.4) is 0 Å². The van der Waals surface area contributed by atoms with Crippen LogP contribution in [0.5, 0.6) is 5.75 Å². The number of piperazine rings is 1. The van der Waals surface area contributed by atoms with Gasteiger partial charge in [-0.25, -0.2) is 0 Å². The monoisotopic (exact) mass is 345 g/mol. The van der Waals surface area contributed by atoms with Gasteiger partial charge in [0.25, 0.3) is 0 Å². The van der Waals surface area contributed by atoms with Crippen molar-refractivity contribution in [2.75, 3.05) is 44.2 Å². The zero-order valence-corrected chi connectivity index (χ0v) is 15.7. The minimum absolute atomic E-state index is 0.0657. The Morgan fingerprint density at radius 1 is 1.08 bits per heavy atom. The van der Waals surface area contributed by atoms with Crippen molar-refractivity contribution in [3.8, 4) is 5.75 Å². The van der Waals surface area contributed by atoms with Crippen LogP contribution in [0.1, 0.15) is 27.2 Å². The maximum atomic E-state index is 12.9. The Morgan fingerprint density at radius 3 is 2.28 bits per heavy atom. The largest absolute Gasteiger partial charge is 0.506 e. The third kappa shape index (κ3) is 4.09. The molecular weight excluding hydrogens is 314 g/mol. The molecule has 2 aliphatic heterocycles. The third-order valence-electron chi connectivity index (χ3n) is 5.62. The molecule has 25 heavy (non-hydrogen) atoms. The summed E-state index contributed by atoms with van der Waals surface area (Å²) in [7, 11) is 0. The van der Waals surface area contributed by atoms with Gasteiger partial charge in [0.15, 0.2) is 0 Å². The van der Waals surface area contributed by atoms with Crippen LogP contribution in [0, 0.1) is 11.8 Å². The summed E-state index contributed by atoms with van der Waals surface area (Å²) in [5, 5.41) is 10.0. The molecule has 1 N–H and O–H groups in total. The molecule has 0 aromatic heterocycles. The number of anilines is 1. The first-order valence-electron chi connectivity index (χ1n) is 9.51. The summed E-state index contributed by atoms with van der Waals surface area (Å²) in [4.78, 5) is 19.5. The minimum atomic E-state index is -0.0657. The van der Waals surface area contributed by atoms with E-state index in [0.717, 1.165) is 45.0 Å². The Labute approximate surface area is 151 Å². The van der Waals surface area contributed by atoms with Gasteiger partial charge < -0.3 is 14.9 Å². The molecule has 5 heteroatoms. The van der Waals surface area contributed by atoms with Gasteiger partial charge in [-0.2, -0.15) is 0 Å². The Kier molecular flexibility index (Phi) is 5.52. The van der Waals surface area contributed by atoms with Crippen LogP contribution in [0.4, 0.5) is 5.69 Å². The van der Waals surface area contributed by atoms with E-state index in [9.17, 15) is 9.90 Å². The number of para-hydroxylation sites is 2. The maximum absolute atomic E-state index is 12.9. The molecule has 0 aliphatic carbocycles. The highest BCUT2D eigenvalue weighted by atomic mass is 16.3. The molecular formula is C20H31N3O2. The van der Waals surface area contributed by atoms with E-state index >= 15 is 0 Å². The number of rotatable bonds is 3. The predicted octanol–water partition coefficient (Wildman–Crippen LogP) is 2.41. The molecule has 1 aromatic carbocycles. The summed E-state index contributed by atoms with van der Waals surface area (Å²) in [5.41, 5.74) is 0.889. The van der Waals surface area contributed by atoms with Crippen LogP contribution < -0.4 is 4.90 Å². The molecule has 0 spiro atoms. The normalized spacial score (nSPS) is 26.5. The van der Waals surface area contributed by atoms with Crippen molar-refractivity contribution in [3.63, 3.8) is 0 Å². The number of likely N-dealkylation sites (tertiary alicyclic amines) is 1. The first-order valence-corrected chi connectivity index (χ1v) is 9.51. The van der Waals surface area contributed by atoms with Crippen molar-refractivity contribution in [1.82, 2.24) is 9.80 Å². The average Bonchev–Trinajstić information content (AvgIpc) is 2.60. The van der Waals surface area contributed by atoms with Crippen molar-refractivity contribution in [3.05, 3.63) is 24.3 Å². The highest BCUT2D eigenvalue weighted by Gasteiger charge is 2.32. The van der Waals surface area contributed by atoms with E-state index in [0.29, 0.717) is 17.6 Å². The Balaban J connectivity index is 1.57. The van der Waals surface area contributed by atoms with Gasteiger partial charge in [0, 0.05) is 39.3 Å². The molecule has 0 bridgehead atoms. The number of amides is 1. The number of aromatic hydroxyl groups is 1. The fourth-order valence-electron chi connectivity index (χ4n) is 4.34. The number of carbonyl (C=O) groups excluding carboxylic acids is 1. The highest BCUT2D eigenvalue weighted by molar-refractivity contribution is 5.81. The van der Waals surface area contributed by atoms with Crippen molar-refractivity contribution in [2.24, 2.45) is 11.8 Å². The first kappa shape index (κ1) is 18.1. The highest BCUT2D eigenvalue weighted by Crippen LogP contribution is 2.28. The van der Waals surface area contributed by atoms with E-state index in [-0.39, 0.29) is 11.9 Å². The topological polar surface area (TPSA) is 47.0 Å². The van der Waals surface area contributed by atoms with E-state index in [1.807, 2.05) is 25.1 Å². The number of hydrogen-bond acceptors (Lipinski definition) is 4. The predicted molar refractivity (Wildman–Crippen MR) is 101 cm³/mol. The summed E-state index contributed by atoms with van der Waals surface area (Å²) in [6.07, 6.45) is 1.22. The van der Waals surface area contributed by atoms with Crippen molar-refractivity contribution >= 4 is 11.6 Å². The van der Waals surface area contributed by atoms with Crippen LogP contribution >= 0.6 is 0 Å². The zero-order chi connectivity index (χ0) is 18.0. The first-order chi connectivity index (χ1) is 12.0. The second kappa shape index (κ2) is 7.65. The molecule has 5 nitrogen and oxygen atoms in total. The number of nitrogens with zero attached hydrogens (tertiary/aromatic N) is 3. The number of benzene rings is 1. The lowest BCUT2D eigenvalue weighted by Crippen LogP contribution is -2.56. The van der Waals surface area contributed by atoms with Crippen LogP contribution in [0.15, 0.2) is 24.3 Å². The van der Waals surface area contributed by atoms with Crippen molar-refractivity contribution in [2.45, 2.75) is 33.2 Å². The van der Waals surface area contributed by atoms with Gasteiger partial charge in [-0.05, 0) is 37.3 Å². The smallest absolute Gasteiger partial charge is 0.239 e. The number of carbonyl (C=O) groups is 1. The fourth-order valence-corrected chi connectivity index (χ4v) is 4.34. The second-order valence-corrected chi connectivity index (χ2v) is 7.88. The van der Waals surface area contributed by atoms with Gasteiger partial charge in [0.2, 0.25) is 5.91 Å². The standard InChI is InChI=1S/C20H31N3O2/c1-15-12-16(2)14-23(13-15)20(25)17(3)21-8-10-22(11-9-21)18-6-4-5-7-19(18)24/h4-7,15-17,24H,8-14H2,1-3H3/t15-,16+,17-/m1/s1. The van der Waals surface area contributed by atoms with Gasteiger partial charge in [-0.1, -0.05) is 26.0 Å². The summed E-state index contributed by atoms with van der Waals surface area (Å²) in [6, 6.07) is 7.41. The lowest BCUT2D eigenvalue weighted by molar-refractivity contribution is -0.139. The van der Waals surface area contributed by atoms with E-state index in [4.69, 9.17) is 0 Å². The molecule has 2 heterocycles. The van der Waals surface area contributed by atoms with E-state index in [1.54, 1.807) is 6.07 Å². The van der Waals surface area contributed by atoms with Gasteiger partial charge in [-0.15, -0.1) is 0 Å². The Hall–Kier alpha value is -1.75. The van der Waals surface area contributed by atoms with Gasteiger partial charge >= 0.3 is 0 Å². The minimum Gasteiger partial charge on any atom is -0.506 e. The molecule has 1 amide bonds. The van der Waals surface area contributed by atoms with Crippen LogP contribution in [0.2, 0.25) is 0 Å². The summed E-state index contributed by atoms with van der Waals surface area (Å²) < 4.78 is 0. The molecule has 1 aromatic rings. The molecule has 0 unspecified atom stereocenters. The fraction of sp³-hybridized carbons (Fsp3) is 0.650. The Morgan fingerprint density at radius 2 is 1.68 bits per heavy atom. The molecule has 0 radical (unpaired) electrons. The van der Waals surface area contributed by atoms with Gasteiger partial charge in [0.05, 0.1) is 11.7 Å². The van der Waals surface area contributed by atoms with E-state index < -0.39 is 0 Å². The molecule has 3 atom stereocenters. The van der Waals surface area contributed by atoms with Gasteiger partial charge in [-0.3, -0.25) is 9.69 Å². The SMILES string of the molecule is C[C@@H]1C[C@H](C)CN(C(=O)[C@@H](C)N2CCN(c3ccccc3O)CC2)C1. The lowest BCUT2D eigenvalue weighted by atomic mass is 9.91. The number of phenols is 1. The number of piperidine rings is 1. The summed E-state index contributed by atoms with van der Waals surface area (Å²) in [5.74, 6) is 1.79. The van der Waals surface area contributed by atoms with Crippen LogP contribution in [0.25, 0.3) is 0 Å². The van der Waals surface area contributed by atoms with E-state index in [2.05, 4.69) is 28.5 Å². The lowest BCUT2D eigenvalue weighted by Gasteiger charge is -2.42. The van der Waals surface area contributed by atoms with Crippen LogP contribution in [-0.4, -0.2) is 66.1 Å². The third-order valence-corrected chi connectivity index (χ3v) is 5.62. The van der Waals surface area contributed by atoms with Crippen molar-refractivity contribution in [1.29, 1.82) is 0 Å². The molecule has 3 rings (SSSR count). The number of phenolic OH excluding ortho intramolecular Hbond substituents is 1. The zero-order valence-electron chi connectivity index (χ0n) is 15.7. The molecule has 2 saturated heterocycles. The van der Waals surface area contributed by atoms with E-state index in [1.165, 1.54) is 6.42 Å². The second-order valence-electron chi connectivity index (χ2n) is 7.88. The molecule has 138 valence electrons. The molecule has 2 aliphatic rings. The van der Waals surface area contributed by atoms with Gasteiger partial charge in [0.1, 0.15) is 5.75 Å². The number of hydrogen-bond donors (Lipinski definition) is 1. The summed E-state index contributed by atoms with van der Waals surface area (Å²) in [6.45, 7) is 11.7. The average molecular weight is 345 g/mol. The maximum Gasteiger partial charge on any atom is 0.239 e. The quantitative estimate of drug-likeness (QED) is 0.914. The van der Waals surface area contributed by atoms with Crippen LogP contribution in [-0.2, 0) is 4.79 Å². The van der Waals surface area contributed by atoms with Crippen molar-refractivity contribution < 1.29 is 9.90 Å². The Bertz CT molecular complexity index is 588. The molecule has 0 saturated carbocycles. The molecule has 2 fully saturated rings.